The Balaban J connectivity index is 1.60. The maximum absolute atomic E-state index is 12.6. The third kappa shape index (κ3) is 4.16. The van der Waals surface area contributed by atoms with E-state index >= 15 is 0 Å². The summed E-state index contributed by atoms with van der Waals surface area (Å²) in [5.41, 5.74) is 9.14. The summed E-state index contributed by atoms with van der Waals surface area (Å²) in [7, 11) is 0. The summed E-state index contributed by atoms with van der Waals surface area (Å²) >= 11 is 0. The van der Waals surface area contributed by atoms with Gasteiger partial charge in [0, 0.05) is 12.2 Å². The van der Waals surface area contributed by atoms with Crippen molar-refractivity contribution in [3.8, 4) is 0 Å². The number of amides is 3. The number of fused-ring (bicyclic) bond motifs is 1. The molecule has 1 aliphatic heterocycles. The second-order valence-electron chi connectivity index (χ2n) is 6.25. The highest BCUT2D eigenvalue weighted by Gasteiger charge is 2.24. The summed E-state index contributed by atoms with van der Waals surface area (Å²) < 4.78 is 0. The van der Waals surface area contributed by atoms with Crippen LogP contribution in [-0.2, 0) is 17.8 Å². The van der Waals surface area contributed by atoms with E-state index in [1.165, 1.54) is 11.1 Å². The minimum absolute atomic E-state index is 0.0126. The normalized spacial score (nSPS) is 17.2. The average molecular weight is 338 g/mol. The van der Waals surface area contributed by atoms with E-state index in [-0.39, 0.29) is 18.0 Å². The minimum Gasteiger partial charge on any atom is -0.351 e. The lowest BCUT2D eigenvalue weighted by Crippen LogP contribution is -2.48. The molecule has 0 radical (unpaired) electrons. The zero-order valence-electron chi connectivity index (χ0n) is 14.1. The van der Waals surface area contributed by atoms with Crippen molar-refractivity contribution in [2.45, 2.75) is 32.0 Å². The molecule has 25 heavy (non-hydrogen) atoms. The number of primary amides is 1. The molecule has 2 aromatic carbocycles. The van der Waals surface area contributed by atoms with Crippen molar-refractivity contribution in [3.63, 3.8) is 0 Å². The Kier molecular flexibility index (Phi) is 5.00. The van der Waals surface area contributed by atoms with Crippen LogP contribution >= 0.6 is 0 Å². The number of benzene rings is 2. The monoisotopic (exact) mass is 338 g/mol. The predicted octanol–water partition coefficient (Wildman–Crippen LogP) is 2.07. The maximum Gasteiger partial charge on any atom is 0.316 e. The van der Waals surface area contributed by atoms with E-state index in [9.17, 15) is 9.59 Å². The number of nitrogens with one attached hydrogen (secondary N) is 3. The molecule has 1 aliphatic rings. The van der Waals surface area contributed by atoms with Crippen LogP contribution in [0.3, 0.4) is 0 Å². The third-order valence-corrected chi connectivity index (χ3v) is 4.43. The molecule has 0 saturated heterocycles. The number of nitrogens with two attached hydrogens (primary N) is 1. The lowest BCUT2D eigenvalue weighted by Gasteiger charge is -2.26. The quantitative estimate of drug-likeness (QED) is 0.687. The molecule has 0 bridgehead atoms. The Morgan fingerprint density at radius 3 is 2.48 bits per heavy atom. The molecule has 6 heteroatoms. The largest absolute Gasteiger partial charge is 0.351 e. The van der Waals surface area contributed by atoms with Crippen LogP contribution in [0.4, 0.5) is 10.5 Å². The van der Waals surface area contributed by atoms with E-state index in [0.29, 0.717) is 18.7 Å². The van der Waals surface area contributed by atoms with Crippen LogP contribution in [0, 0.1) is 0 Å². The SMILES string of the molecule is CC(NC(=O)C1Cc2ccccc2CN1)c1ccc(NC(N)=O)cc1. The fraction of sp³-hybridized carbons (Fsp3) is 0.263. The van der Waals surface area contributed by atoms with Gasteiger partial charge in [-0.15, -0.1) is 0 Å². The summed E-state index contributed by atoms with van der Waals surface area (Å²) in [6, 6.07) is 14.5. The summed E-state index contributed by atoms with van der Waals surface area (Å²) in [4.78, 5) is 23.4. The number of carbonyl (C=O) groups excluding carboxylic acids is 2. The number of hydrogen-bond acceptors (Lipinski definition) is 3. The topological polar surface area (TPSA) is 96.2 Å². The number of anilines is 1. The highest BCUT2D eigenvalue weighted by Crippen LogP contribution is 2.19. The van der Waals surface area contributed by atoms with Crippen molar-refractivity contribution in [1.29, 1.82) is 0 Å². The third-order valence-electron chi connectivity index (χ3n) is 4.43. The standard InChI is InChI=1S/C19H22N4O2/c1-12(13-6-8-16(9-7-13)23-19(20)25)22-18(24)17-10-14-4-2-3-5-15(14)11-21-17/h2-9,12,17,21H,10-11H2,1H3,(H,22,24)(H3,20,23,25). The van der Waals surface area contributed by atoms with Gasteiger partial charge in [-0.25, -0.2) is 4.79 Å². The molecule has 1 heterocycles. The molecule has 0 saturated carbocycles. The molecule has 6 nitrogen and oxygen atoms in total. The van der Waals surface area contributed by atoms with Crippen LogP contribution in [-0.4, -0.2) is 18.0 Å². The van der Waals surface area contributed by atoms with Gasteiger partial charge < -0.3 is 21.7 Å². The molecule has 0 spiro atoms. The van der Waals surface area contributed by atoms with E-state index in [4.69, 9.17) is 5.73 Å². The van der Waals surface area contributed by atoms with Gasteiger partial charge in [0.25, 0.3) is 0 Å². The van der Waals surface area contributed by atoms with Crippen molar-refractivity contribution in [2.24, 2.45) is 5.73 Å². The van der Waals surface area contributed by atoms with Gasteiger partial charge in [-0.3, -0.25) is 4.79 Å². The van der Waals surface area contributed by atoms with Crippen LogP contribution in [0.5, 0.6) is 0 Å². The van der Waals surface area contributed by atoms with Gasteiger partial charge in [-0.05, 0) is 42.2 Å². The molecule has 2 unspecified atom stereocenters. The molecule has 3 rings (SSSR count). The summed E-state index contributed by atoms with van der Waals surface area (Å²) in [5.74, 6) is -0.0126. The van der Waals surface area contributed by atoms with Crippen LogP contribution in [0.1, 0.15) is 29.7 Å². The summed E-state index contributed by atoms with van der Waals surface area (Å²) in [5, 5.41) is 8.85. The molecular formula is C19H22N4O2. The van der Waals surface area contributed by atoms with Gasteiger partial charge in [0.2, 0.25) is 5.91 Å². The first kappa shape index (κ1) is 17.0. The number of urea groups is 1. The first-order valence-corrected chi connectivity index (χ1v) is 8.30. The molecule has 2 atom stereocenters. The molecule has 5 N–H and O–H groups in total. The lowest BCUT2D eigenvalue weighted by atomic mass is 9.95. The van der Waals surface area contributed by atoms with Crippen molar-refractivity contribution in [3.05, 3.63) is 65.2 Å². The Morgan fingerprint density at radius 1 is 1.12 bits per heavy atom. The van der Waals surface area contributed by atoms with Gasteiger partial charge in [-0.2, -0.15) is 0 Å². The van der Waals surface area contributed by atoms with E-state index in [1.54, 1.807) is 12.1 Å². The van der Waals surface area contributed by atoms with Gasteiger partial charge in [-0.1, -0.05) is 36.4 Å². The Morgan fingerprint density at radius 2 is 1.80 bits per heavy atom. The summed E-state index contributed by atoms with van der Waals surface area (Å²) in [6.45, 7) is 2.64. The van der Waals surface area contributed by atoms with Gasteiger partial charge in [0.1, 0.15) is 0 Å². The van der Waals surface area contributed by atoms with Crippen molar-refractivity contribution in [2.75, 3.05) is 5.32 Å². The Hall–Kier alpha value is -2.86. The van der Waals surface area contributed by atoms with E-state index in [1.807, 2.05) is 31.2 Å². The van der Waals surface area contributed by atoms with E-state index in [2.05, 4.69) is 28.1 Å². The zero-order chi connectivity index (χ0) is 17.8. The molecule has 130 valence electrons. The lowest BCUT2D eigenvalue weighted by molar-refractivity contribution is -0.124. The van der Waals surface area contributed by atoms with E-state index < -0.39 is 6.03 Å². The highest BCUT2D eigenvalue weighted by molar-refractivity contribution is 5.87. The molecular weight excluding hydrogens is 316 g/mol. The van der Waals surface area contributed by atoms with Gasteiger partial charge in [0.15, 0.2) is 0 Å². The van der Waals surface area contributed by atoms with Crippen molar-refractivity contribution >= 4 is 17.6 Å². The number of hydrogen-bond donors (Lipinski definition) is 4. The van der Waals surface area contributed by atoms with Crippen LogP contribution in [0.15, 0.2) is 48.5 Å². The first-order chi connectivity index (χ1) is 12.0. The zero-order valence-corrected chi connectivity index (χ0v) is 14.1. The van der Waals surface area contributed by atoms with Gasteiger partial charge in [0.05, 0.1) is 12.1 Å². The van der Waals surface area contributed by atoms with Crippen LogP contribution in [0.25, 0.3) is 0 Å². The number of carbonyl (C=O) groups is 2. The average Bonchev–Trinajstić information content (AvgIpc) is 2.61. The molecule has 2 aromatic rings. The van der Waals surface area contributed by atoms with Crippen LogP contribution < -0.4 is 21.7 Å². The Labute approximate surface area is 146 Å². The fourth-order valence-corrected chi connectivity index (χ4v) is 3.03. The second kappa shape index (κ2) is 7.36. The molecule has 0 aromatic heterocycles. The summed E-state index contributed by atoms with van der Waals surface area (Å²) in [6.07, 6.45) is 0.691. The van der Waals surface area contributed by atoms with Gasteiger partial charge >= 0.3 is 6.03 Å². The number of rotatable bonds is 4. The maximum atomic E-state index is 12.6. The van der Waals surface area contributed by atoms with Crippen molar-refractivity contribution < 1.29 is 9.59 Å². The van der Waals surface area contributed by atoms with Crippen LogP contribution in [0.2, 0.25) is 0 Å². The highest BCUT2D eigenvalue weighted by atomic mass is 16.2. The molecule has 0 aliphatic carbocycles. The minimum atomic E-state index is -0.599. The molecule has 3 amide bonds. The fourth-order valence-electron chi connectivity index (χ4n) is 3.03. The Bertz CT molecular complexity index is 773. The van der Waals surface area contributed by atoms with Crippen molar-refractivity contribution in [1.82, 2.24) is 10.6 Å². The molecule has 0 fully saturated rings. The second-order valence-corrected chi connectivity index (χ2v) is 6.25. The smallest absolute Gasteiger partial charge is 0.316 e. The first-order valence-electron chi connectivity index (χ1n) is 8.30. The predicted molar refractivity (Wildman–Crippen MR) is 97.0 cm³/mol. The van der Waals surface area contributed by atoms with E-state index in [0.717, 1.165) is 5.56 Å².